The topological polar surface area (TPSA) is 90.9 Å². The summed E-state index contributed by atoms with van der Waals surface area (Å²) in [7, 11) is 1.30. The average molecular weight is 456 g/mol. The molecule has 0 saturated carbocycles. The first-order chi connectivity index (χ1) is 15.2. The van der Waals surface area contributed by atoms with E-state index in [1.54, 1.807) is 20.8 Å². The second-order valence-electron chi connectivity index (χ2n) is 8.49. The molecule has 8 nitrogen and oxygen atoms in total. The Morgan fingerprint density at radius 3 is 2.44 bits per heavy atom. The number of hydrogen-bond acceptors (Lipinski definition) is 8. The van der Waals surface area contributed by atoms with E-state index in [-0.39, 0.29) is 13.0 Å². The molecule has 1 aliphatic rings. The van der Waals surface area contributed by atoms with Gasteiger partial charge in [0.1, 0.15) is 23.4 Å². The van der Waals surface area contributed by atoms with Gasteiger partial charge in [-0.05, 0) is 44.4 Å². The highest BCUT2D eigenvalue weighted by Crippen LogP contribution is 2.34. The van der Waals surface area contributed by atoms with Crippen molar-refractivity contribution in [3.05, 3.63) is 41.8 Å². The lowest BCUT2D eigenvalue weighted by Crippen LogP contribution is -2.44. The van der Waals surface area contributed by atoms with Crippen LogP contribution < -0.4 is 4.74 Å². The van der Waals surface area contributed by atoms with Crippen molar-refractivity contribution in [2.75, 3.05) is 13.7 Å². The van der Waals surface area contributed by atoms with Crippen molar-refractivity contribution in [2.45, 2.75) is 44.9 Å². The van der Waals surface area contributed by atoms with Crippen LogP contribution >= 0.6 is 11.3 Å². The van der Waals surface area contributed by atoms with Crippen LogP contribution in [-0.4, -0.2) is 58.3 Å². The molecule has 1 aromatic carbocycles. The minimum atomic E-state index is -0.793. The van der Waals surface area contributed by atoms with Crippen LogP contribution in [0.25, 0.3) is 21.6 Å². The molecule has 0 spiro atoms. The predicted molar refractivity (Wildman–Crippen MR) is 121 cm³/mol. The molecule has 1 saturated heterocycles. The van der Waals surface area contributed by atoms with E-state index in [4.69, 9.17) is 19.2 Å². The van der Waals surface area contributed by atoms with Gasteiger partial charge in [-0.15, -0.1) is 11.3 Å². The minimum absolute atomic E-state index is 0.174. The molecule has 0 bridgehead atoms. The molecule has 0 N–H and O–H groups in total. The number of para-hydroxylation sites is 2. The minimum Gasteiger partial charge on any atom is -0.471 e. The van der Waals surface area contributed by atoms with Crippen LogP contribution in [0.4, 0.5) is 4.79 Å². The summed E-state index contributed by atoms with van der Waals surface area (Å²) in [5.74, 6) is -0.143. The summed E-state index contributed by atoms with van der Waals surface area (Å²) in [6, 6.07) is 10.7. The number of aromatic nitrogens is 2. The van der Waals surface area contributed by atoms with Crippen LogP contribution in [0, 0.1) is 0 Å². The number of carbonyl (C=O) groups is 2. The highest BCUT2D eigenvalue weighted by Gasteiger charge is 2.43. The Labute approximate surface area is 190 Å². The second-order valence-corrected chi connectivity index (χ2v) is 9.44. The Morgan fingerprint density at radius 1 is 1.09 bits per heavy atom. The Hall–Kier alpha value is -3.20. The molecule has 3 heterocycles. The maximum absolute atomic E-state index is 12.7. The van der Waals surface area contributed by atoms with E-state index < -0.39 is 29.8 Å². The number of fused-ring (bicyclic) bond motifs is 1. The standard InChI is InChI=1S/C23H25N3O5S/c1-23(2,3)31-22(28)26-13-14(12-17(26)21(27)29-4)30-20-19(18-10-7-11-32-18)24-15-8-5-6-9-16(15)25-20/h5-11,14,17H,12-13H2,1-4H3/t14-,17+/m1/s1. The lowest BCUT2D eigenvalue weighted by Gasteiger charge is -2.27. The SMILES string of the molecule is COC(=O)[C@@H]1C[C@@H](Oc2nc3ccccc3nc2-c2cccs2)CN1C(=O)OC(C)(C)C. The lowest BCUT2D eigenvalue weighted by atomic mass is 10.2. The average Bonchev–Trinajstić information content (AvgIpc) is 3.42. The Kier molecular flexibility index (Phi) is 6.01. The Balaban J connectivity index is 1.64. The van der Waals surface area contributed by atoms with E-state index in [9.17, 15) is 9.59 Å². The molecule has 4 rings (SSSR count). The van der Waals surface area contributed by atoms with Gasteiger partial charge in [0.05, 0.1) is 29.6 Å². The highest BCUT2D eigenvalue weighted by molar-refractivity contribution is 7.13. The molecule has 168 valence electrons. The summed E-state index contributed by atoms with van der Waals surface area (Å²) in [6.07, 6.45) is -0.785. The molecule has 9 heteroatoms. The van der Waals surface area contributed by atoms with Crippen LogP contribution in [0.15, 0.2) is 41.8 Å². The molecule has 0 radical (unpaired) electrons. The summed E-state index contributed by atoms with van der Waals surface area (Å²) in [4.78, 5) is 36.8. The number of likely N-dealkylation sites (tertiary alicyclic amines) is 1. The van der Waals surface area contributed by atoms with Gasteiger partial charge in [0.25, 0.3) is 0 Å². The van der Waals surface area contributed by atoms with Gasteiger partial charge in [-0.2, -0.15) is 0 Å². The fourth-order valence-electron chi connectivity index (χ4n) is 3.56. The molecule has 32 heavy (non-hydrogen) atoms. The van der Waals surface area contributed by atoms with Crippen molar-refractivity contribution < 1.29 is 23.8 Å². The number of carbonyl (C=O) groups excluding carboxylic acids is 2. The summed E-state index contributed by atoms with van der Waals surface area (Å²) in [5.41, 5.74) is 1.41. The smallest absolute Gasteiger partial charge is 0.411 e. The van der Waals surface area contributed by atoms with Crippen LogP contribution in [-0.2, 0) is 14.3 Å². The van der Waals surface area contributed by atoms with Crippen molar-refractivity contribution in [1.82, 2.24) is 14.9 Å². The molecular weight excluding hydrogens is 430 g/mol. The molecule has 2 aromatic heterocycles. The molecule has 0 aliphatic carbocycles. The van der Waals surface area contributed by atoms with E-state index in [1.807, 2.05) is 41.8 Å². The quantitative estimate of drug-likeness (QED) is 0.542. The number of ether oxygens (including phenoxy) is 3. The van der Waals surface area contributed by atoms with Crippen LogP contribution in [0.2, 0.25) is 0 Å². The molecular formula is C23H25N3O5S. The number of benzene rings is 1. The third-order valence-corrected chi connectivity index (χ3v) is 5.81. The van der Waals surface area contributed by atoms with Crippen molar-refractivity contribution in [3.63, 3.8) is 0 Å². The number of esters is 1. The van der Waals surface area contributed by atoms with Crippen molar-refractivity contribution >= 4 is 34.4 Å². The van der Waals surface area contributed by atoms with E-state index in [2.05, 4.69) is 4.98 Å². The van der Waals surface area contributed by atoms with Gasteiger partial charge in [-0.3, -0.25) is 4.90 Å². The largest absolute Gasteiger partial charge is 0.471 e. The molecule has 1 fully saturated rings. The summed E-state index contributed by atoms with van der Waals surface area (Å²) in [5, 5.41) is 1.96. The van der Waals surface area contributed by atoms with Crippen LogP contribution in [0.3, 0.4) is 0 Å². The lowest BCUT2D eigenvalue weighted by molar-refractivity contribution is -0.145. The zero-order valence-corrected chi connectivity index (χ0v) is 19.2. The first kappa shape index (κ1) is 22.0. The molecule has 0 unspecified atom stereocenters. The van der Waals surface area contributed by atoms with E-state index >= 15 is 0 Å². The Bertz CT molecular complexity index is 1130. The molecule has 3 aromatic rings. The zero-order chi connectivity index (χ0) is 22.9. The summed E-state index contributed by atoms with van der Waals surface area (Å²) >= 11 is 1.54. The van der Waals surface area contributed by atoms with Crippen molar-refractivity contribution in [1.29, 1.82) is 0 Å². The zero-order valence-electron chi connectivity index (χ0n) is 18.4. The fraction of sp³-hybridized carbons (Fsp3) is 0.391. The number of nitrogens with zero attached hydrogens (tertiary/aromatic N) is 3. The highest BCUT2D eigenvalue weighted by atomic mass is 32.1. The monoisotopic (exact) mass is 455 g/mol. The van der Waals surface area contributed by atoms with Gasteiger partial charge in [0, 0.05) is 6.42 Å². The first-order valence-corrected chi connectivity index (χ1v) is 11.2. The fourth-order valence-corrected chi connectivity index (χ4v) is 4.27. The van der Waals surface area contributed by atoms with Crippen LogP contribution in [0.1, 0.15) is 27.2 Å². The molecule has 1 amide bonds. The predicted octanol–water partition coefficient (Wildman–Crippen LogP) is 4.29. The number of methoxy groups -OCH3 is 1. The normalized spacial score (nSPS) is 18.6. The third-order valence-electron chi connectivity index (χ3n) is 4.94. The van der Waals surface area contributed by atoms with Gasteiger partial charge < -0.3 is 14.2 Å². The number of thiophene rings is 1. The molecule has 2 atom stereocenters. The molecule has 1 aliphatic heterocycles. The van der Waals surface area contributed by atoms with Crippen molar-refractivity contribution in [2.24, 2.45) is 0 Å². The van der Waals surface area contributed by atoms with Crippen LogP contribution in [0.5, 0.6) is 5.88 Å². The first-order valence-electron chi connectivity index (χ1n) is 10.3. The van der Waals surface area contributed by atoms with Gasteiger partial charge in [0.2, 0.25) is 5.88 Å². The van der Waals surface area contributed by atoms with Gasteiger partial charge in [-0.25, -0.2) is 19.6 Å². The maximum Gasteiger partial charge on any atom is 0.411 e. The van der Waals surface area contributed by atoms with E-state index in [0.29, 0.717) is 17.1 Å². The number of amides is 1. The van der Waals surface area contributed by atoms with Crippen molar-refractivity contribution in [3.8, 4) is 16.5 Å². The third kappa shape index (κ3) is 4.67. The second kappa shape index (κ2) is 8.74. The summed E-state index contributed by atoms with van der Waals surface area (Å²) < 4.78 is 16.6. The van der Waals surface area contributed by atoms with E-state index in [1.165, 1.54) is 23.3 Å². The number of rotatable bonds is 4. The number of hydrogen-bond donors (Lipinski definition) is 0. The maximum atomic E-state index is 12.7. The van der Waals surface area contributed by atoms with Gasteiger partial charge in [-0.1, -0.05) is 18.2 Å². The summed E-state index contributed by atoms with van der Waals surface area (Å²) in [6.45, 7) is 5.51. The van der Waals surface area contributed by atoms with E-state index in [0.717, 1.165) is 10.4 Å². The Morgan fingerprint density at radius 2 is 1.81 bits per heavy atom. The van der Waals surface area contributed by atoms with Gasteiger partial charge >= 0.3 is 12.1 Å². The van der Waals surface area contributed by atoms with Gasteiger partial charge in [0.15, 0.2) is 0 Å².